The summed E-state index contributed by atoms with van der Waals surface area (Å²) in [4.78, 5) is 10.6. The Kier molecular flexibility index (Phi) is 4.21. The standard InChI is InChI=1S/C22H24N2O4S/c25-24(26)20-3-1-2-19(11-20)23-29(27,28)21-6-4-18(5-7-21)22-12-15-8-16(13-22)10-17(9-15)14-22/h1-7,11,15-17,23H,8-10,12-14H2. The first-order valence-corrected chi connectivity index (χ1v) is 11.7. The predicted molar refractivity (Wildman–Crippen MR) is 110 cm³/mol. The molecule has 0 unspecified atom stereocenters. The molecular weight excluding hydrogens is 388 g/mol. The number of rotatable bonds is 5. The highest BCUT2D eigenvalue weighted by atomic mass is 32.2. The summed E-state index contributed by atoms with van der Waals surface area (Å²) in [5.41, 5.74) is 1.53. The Labute approximate surface area is 170 Å². The van der Waals surface area contributed by atoms with E-state index in [1.807, 2.05) is 12.1 Å². The number of hydrogen-bond acceptors (Lipinski definition) is 4. The number of anilines is 1. The van der Waals surface area contributed by atoms with E-state index in [1.165, 1.54) is 68.4 Å². The minimum Gasteiger partial charge on any atom is -0.279 e. The van der Waals surface area contributed by atoms with Crippen LogP contribution in [0.1, 0.15) is 44.1 Å². The average Bonchev–Trinajstić information content (AvgIpc) is 2.67. The van der Waals surface area contributed by atoms with Crippen molar-refractivity contribution in [1.82, 2.24) is 0 Å². The normalized spacial score (nSPS) is 30.3. The van der Waals surface area contributed by atoms with Gasteiger partial charge in [-0.05, 0) is 85.5 Å². The molecule has 152 valence electrons. The first kappa shape index (κ1) is 18.6. The molecule has 29 heavy (non-hydrogen) atoms. The molecule has 4 saturated carbocycles. The fourth-order valence-electron chi connectivity index (χ4n) is 6.35. The first-order valence-electron chi connectivity index (χ1n) is 10.2. The van der Waals surface area contributed by atoms with Crippen LogP contribution in [0.15, 0.2) is 53.4 Å². The Morgan fingerprint density at radius 2 is 1.52 bits per heavy atom. The van der Waals surface area contributed by atoms with Crippen molar-refractivity contribution in [3.8, 4) is 0 Å². The number of nitrogens with one attached hydrogen (secondary N) is 1. The van der Waals surface area contributed by atoms with Gasteiger partial charge in [-0.1, -0.05) is 18.2 Å². The highest BCUT2D eigenvalue weighted by molar-refractivity contribution is 7.92. The van der Waals surface area contributed by atoms with E-state index >= 15 is 0 Å². The van der Waals surface area contributed by atoms with E-state index in [0.717, 1.165) is 17.8 Å². The van der Waals surface area contributed by atoms with Crippen molar-refractivity contribution in [2.45, 2.75) is 48.8 Å². The highest BCUT2D eigenvalue weighted by Gasteiger charge is 2.51. The minimum atomic E-state index is -3.80. The molecule has 4 fully saturated rings. The largest absolute Gasteiger partial charge is 0.279 e. The van der Waals surface area contributed by atoms with Gasteiger partial charge in [0.15, 0.2) is 0 Å². The number of nitro benzene ring substituents is 1. The second-order valence-corrected chi connectivity index (χ2v) is 10.8. The average molecular weight is 413 g/mol. The SMILES string of the molecule is O=[N+]([O-])c1cccc(NS(=O)(=O)c2ccc(C34CC5CC(CC(C5)C3)C4)cc2)c1. The van der Waals surface area contributed by atoms with Gasteiger partial charge < -0.3 is 0 Å². The Hall–Kier alpha value is -2.41. The van der Waals surface area contributed by atoms with Crippen molar-refractivity contribution in [3.05, 3.63) is 64.2 Å². The van der Waals surface area contributed by atoms with Crippen LogP contribution in [0.25, 0.3) is 0 Å². The topological polar surface area (TPSA) is 89.3 Å². The van der Waals surface area contributed by atoms with Crippen molar-refractivity contribution in [2.24, 2.45) is 17.8 Å². The van der Waals surface area contributed by atoms with Gasteiger partial charge in [0.25, 0.3) is 15.7 Å². The van der Waals surface area contributed by atoms with Crippen molar-refractivity contribution < 1.29 is 13.3 Å². The predicted octanol–water partition coefficient (Wildman–Crippen LogP) is 4.86. The highest BCUT2D eigenvalue weighted by Crippen LogP contribution is 2.60. The summed E-state index contributed by atoms with van der Waals surface area (Å²) in [5, 5.41) is 10.9. The van der Waals surface area contributed by atoms with Crippen LogP contribution in [0.5, 0.6) is 0 Å². The molecule has 0 saturated heterocycles. The first-order chi connectivity index (χ1) is 13.8. The van der Waals surface area contributed by atoms with Gasteiger partial charge in [-0.2, -0.15) is 0 Å². The zero-order valence-electron chi connectivity index (χ0n) is 16.1. The van der Waals surface area contributed by atoms with E-state index in [1.54, 1.807) is 12.1 Å². The van der Waals surface area contributed by atoms with E-state index in [9.17, 15) is 18.5 Å². The summed E-state index contributed by atoms with van der Waals surface area (Å²) in [6.45, 7) is 0. The molecule has 6 nitrogen and oxygen atoms in total. The van der Waals surface area contributed by atoms with Gasteiger partial charge in [-0.15, -0.1) is 0 Å². The molecule has 0 heterocycles. The quantitative estimate of drug-likeness (QED) is 0.561. The zero-order chi connectivity index (χ0) is 20.2. The summed E-state index contributed by atoms with van der Waals surface area (Å²) >= 11 is 0. The molecule has 0 aliphatic heterocycles. The van der Waals surface area contributed by atoms with Crippen LogP contribution in [0.3, 0.4) is 0 Å². The summed E-state index contributed by atoms with van der Waals surface area (Å²) < 4.78 is 28.0. The summed E-state index contributed by atoms with van der Waals surface area (Å²) in [7, 11) is -3.80. The molecular formula is C22H24N2O4S. The molecule has 0 aromatic heterocycles. The monoisotopic (exact) mass is 412 g/mol. The van der Waals surface area contributed by atoms with Crippen LogP contribution in [-0.4, -0.2) is 13.3 Å². The number of sulfonamides is 1. The number of hydrogen-bond donors (Lipinski definition) is 1. The van der Waals surface area contributed by atoms with E-state index in [2.05, 4.69) is 4.72 Å². The molecule has 0 atom stereocenters. The van der Waals surface area contributed by atoms with Crippen molar-refractivity contribution in [3.63, 3.8) is 0 Å². The fourth-order valence-corrected chi connectivity index (χ4v) is 7.40. The maximum atomic E-state index is 12.8. The lowest BCUT2D eigenvalue weighted by atomic mass is 9.48. The van der Waals surface area contributed by atoms with Gasteiger partial charge >= 0.3 is 0 Å². The summed E-state index contributed by atoms with van der Waals surface area (Å²) in [6, 6.07) is 12.8. The number of nitro groups is 1. The van der Waals surface area contributed by atoms with Crippen LogP contribution in [0.4, 0.5) is 11.4 Å². The maximum absolute atomic E-state index is 12.8. The van der Waals surface area contributed by atoms with Crippen LogP contribution >= 0.6 is 0 Å². The molecule has 1 N–H and O–H groups in total. The third-order valence-electron chi connectivity index (χ3n) is 7.12. The second kappa shape index (κ2) is 6.55. The number of nitrogens with zero attached hydrogens (tertiary/aromatic N) is 1. The van der Waals surface area contributed by atoms with Crippen molar-refractivity contribution in [1.29, 1.82) is 0 Å². The Balaban J connectivity index is 1.39. The van der Waals surface area contributed by atoms with E-state index in [4.69, 9.17) is 0 Å². The van der Waals surface area contributed by atoms with Gasteiger partial charge in [-0.3, -0.25) is 14.8 Å². The molecule has 4 aliphatic rings. The van der Waals surface area contributed by atoms with Gasteiger partial charge in [0.1, 0.15) is 0 Å². The smallest absolute Gasteiger partial charge is 0.271 e. The van der Waals surface area contributed by atoms with Gasteiger partial charge in [0.2, 0.25) is 0 Å². The molecule has 4 bridgehead atoms. The Morgan fingerprint density at radius 1 is 0.931 bits per heavy atom. The number of benzene rings is 2. The molecule has 2 aromatic rings. The van der Waals surface area contributed by atoms with E-state index < -0.39 is 14.9 Å². The van der Waals surface area contributed by atoms with E-state index in [0.29, 0.717) is 0 Å². The lowest BCUT2D eigenvalue weighted by Gasteiger charge is -2.57. The number of non-ortho nitro benzene ring substituents is 1. The third kappa shape index (κ3) is 3.31. The summed E-state index contributed by atoms with van der Waals surface area (Å²) in [6.07, 6.45) is 7.82. The van der Waals surface area contributed by atoms with Crippen LogP contribution in [-0.2, 0) is 15.4 Å². The Morgan fingerprint density at radius 3 is 2.07 bits per heavy atom. The second-order valence-electron chi connectivity index (χ2n) is 9.14. The zero-order valence-corrected chi connectivity index (χ0v) is 16.9. The molecule has 0 radical (unpaired) electrons. The lowest BCUT2D eigenvalue weighted by Crippen LogP contribution is -2.48. The fraction of sp³-hybridized carbons (Fsp3) is 0.455. The Bertz CT molecular complexity index is 1030. The van der Waals surface area contributed by atoms with Crippen LogP contribution < -0.4 is 4.72 Å². The minimum absolute atomic E-state index is 0.151. The van der Waals surface area contributed by atoms with Crippen molar-refractivity contribution in [2.75, 3.05) is 4.72 Å². The van der Waals surface area contributed by atoms with Crippen LogP contribution in [0.2, 0.25) is 0 Å². The lowest BCUT2D eigenvalue weighted by molar-refractivity contribution is -0.384. The van der Waals surface area contributed by atoms with Crippen molar-refractivity contribution >= 4 is 21.4 Å². The third-order valence-corrected chi connectivity index (χ3v) is 8.52. The molecule has 2 aromatic carbocycles. The molecule has 7 heteroatoms. The summed E-state index contributed by atoms with van der Waals surface area (Å²) in [5.74, 6) is 2.50. The van der Waals surface area contributed by atoms with E-state index in [-0.39, 0.29) is 21.7 Å². The maximum Gasteiger partial charge on any atom is 0.271 e. The molecule has 4 aliphatic carbocycles. The molecule has 6 rings (SSSR count). The van der Waals surface area contributed by atoms with Gasteiger partial charge in [0.05, 0.1) is 15.5 Å². The molecule has 0 amide bonds. The van der Waals surface area contributed by atoms with Gasteiger partial charge in [0, 0.05) is 12.1 Å². The van der Waals surface area contributed by atoms with Crippen LogP contribution in [0, 0.1) is 27.9 Å². The van der Waals surface area contributed by atoms with Gasteiger partial charge in [-0.25, -0.2) is 8.42 Å². The molecule has 0 spiro atoms.